The van der Waals surface area contributed by atoms with E-state index in [2.05, 4.69) is 0 Å². The zero-order valence-corrected chi connectivity index (χ0v) is 8.40. The van der Waals surface area contributed by atoms with Crippen molar-refractivity contribution in [3.05, 3.63) is 24.3 Å². The molecule has 1 aromatic carbocycles. The van der Waals surface area contributed by atoms with Gasteiger partial charge in [-0.2, -0.15) is 0 Å². The second kappa shape index (κ2) is 4.52. The second-order valence-electron chi connectivity index (χ2n) is 2.75. The summed E-state index contributed by atoms with van der Waals surface area (Å²) < 4.78 is 21.1. The van der Waals surface area contributed by atoms with Crippen LogP contribution in [0.25, 0.3) is 0 Å². The van der Waals surface area contributed by atoms with Crippen LogP contribution in [0.2, 0.25) is 0 Å². The molecule has 0 aliphatic heterocycles. The molecule has 0 aliphatic carbocycles. The summed E-state index contributed by atoms with van der Waals surface area (Å²) in [7, 11) is 1.60. The number of anilines is 1. The summed E-state index contributed by atoms with van der Waals surface area (Å²) in [6.45, 7) is 0. The van der Waals surface area contributed by atoms with E-state index in [4.69, 9.17) is 10.8 Å². The van der Waals surface area contributed by atoms with E-state index < -0.39 is 17.4 Å². The predicted octanol–water partition coefficient (Wildman–Crippen LogP) is -0.405. The second-order valence-corrected chi connectivity index (χ2v) is 3.69. The van der Waals surface area contributed by atoms with Gasteiger partial charge in [-0.3, -0.25) is 9.94 Å². The highest BCUT2D eigenvalue weighted by Crippen LogP contribution is 2.15. The van der Waals surface area contributed by atoms with Crippen LogP contribution in [0.15, 0.2) is 29.2 Å². The van der Waals surface area contributed by atoms with Gasteiger partial charge in [0.1, 0.15) is 0 Å². The van der Waals surface area contributed by atoms with Crippen molar-refractivity contribution < 1.29 is 13.9 Å². The van der Waals surface area contributed by atoms with E-state index in [0.717, 1.165) is 0 Å². The number of benzene rings is 1. The lowest BCUT2D eigenvalue weighted by Gasteiger charge is -2.22. The minimum absolute atomic E-state index is 0.202. The van der Waals surface area contributed by atoms with Crippen molar-refractivity contribution in [3.8, 4) is 0 Å². The fourth-order valence-electron chi connectivity index (χ4n) is 0.945. The molecule has 1 aromatic rings. The summed E-state index contributed by atoms with van der Waals surface area (Å²) >= 11 is -2.22. The molecule has 0 spiro atoms. The van der Waals surface area contributed by atoms with E-state index in [9.17, 15) is 8.76 Å². The van der Waals surface area contributed by atoms with Gasteiger partial charge in [0.2, 0.25) is 0 Å². The average Bonchev–Trinajstić information content (AvgIpc) is 2.16. The van der Waals surface area contributed by atoms with Crippen molar-refractivity contribution in [1.29, 1.82) is 0 Å². The molecule has 5 nitrogen and oxygen atoms in total. The van der Waals surface area contributed by atoms with Gasteiger partial charge in [-0.25, -0.2) is 0 Å². The highest BCUT2D eigenvalue weighted by molar-refractivity contribution is 7.79. The molecule has 2 unspecified atom stereocenters. The van der Waals surface area contributed by atoms with Crippen LogP contribution in [0.5, 0.6) is 0 Å². The molecule has 0 heterocycles. The molecule has 0 aliphatic rings. The van der Waals surface area contributed by atoms with Crippen LogP contribution in [0, 0.1) is 0 Å². The molecule has 0 aromatic heterocycles. The first-order valence-electron chi connectivity index (χ1n) is 3.88. The zero-order chi connectivity index (χ0) is 10.7. The largest absolute Gasteiger partial charge is 0.768 e. The molecule has 6 heteroatoms. The number of hydrogen-bond acceptors (Lipinski definition) is 5. The summed E-state index contributed by atoms with van der Waals surface area (Å²) in [6, 6.07) is 6.02. The Hall–Kier alpha value is -0.950. The van der Waals surface area contributed by atoms with E-state index in [0.29, 0.717) is 5.69 Å². The first-order chi connectivity index (χ1) is 6.52. The SMILES string of the molecule is CN(c1ccc(S(=O)[O-])cc1)C(N)O. The van der Waals surface area contributed by atoms with Crippen molar-refractivity contribution in [2.75, 3.05) is 11.9 Å². The van der Waals surface area contributed by atoms with Crippen LogP contribution in [-0.2, 0) is 11.1 Å². The maximum absolute atomic E-state index is 10.5. The first-order valence-corrected chi connectivity index (χ1v) is 4.95. The van der Waals surface area contributed by atoms with Crippen LogP contribution in [-0.4, -0.2) is 27.3 Å². The lowest BCUT2D eigenvalue weighted by Crippen LogP contribution is -2.38. The normalized spacial score (nSPS) is 14.9. The summed E-state index contributed by atoms with van der Waals surface area (Å²) in [5.74, 6) is 0. The van der Waals surface area contributed by atoms with E-state index in [1.165, 1.54) is 17.0 Å². The van der Waals surface area contributed by atoms with E-state index in [-0.39, 0.29) is 4.90 Å². The van der Waals surface area contributed by atoms with Crippen LogP contribution >= 0.6 is 0 Å². The van der Waals surface area contributed by atoms with Gasteiger partial charge in [0.15, 0.2) is 6.35 Å². The van der Waals surface area contributed by atoms with Gasteiger partial charge < -0.3 is 14.6 Å². The minimum Gasteiger partial charge on any atom is -0.768 e. The van der Waals surface area contributed by atoms with Crippen molar-refractivity contribution in [2.45, 2.75) is 11.2 Å². The number of nitrogens with zero attached hydrogens (tertiary/aromatic N) is 1. The molecule has 2 atom stereocenters. The standard InChI is InChI=1S/C8H12N2O3S/c1-10(8(9)11)6-2-4-7(5-3-6)14(12)13/h2-5,8,11H,9H2,1H3,(H,12,13)/p-1. The van der Waals surface area contributed by atoms with E-state index in [1.807, 2.05) is 0 Å². The highest BCUT2D eigenvalue weighted by Gasteiger charge is 2.05. The molecule has 0 fully saturated rings. The van der Waals surface area contributed by atoms with Gasteiger partial charge in [-0.15, -0.1) is 0 Å². The van der Waals surface area contributed by atoms with Gasteiger partial charge in [0, 0.05) is 17.6 Å². The lowest BCUT2D eigenvalue weighted by molar-refractivity contribution is 0.183. The van der Waals surface area contributed by atoms with Crippen molar-refractivity contribution in [3.63, 3.8) is 0 Å². The van der Waals surface area contributed by atoms with Gasteiger partial charge >= 0.3 is 0 Å². The van der Waals surface area contributed by atoms with Crippen LogP contribution in [0.4, 0.5) is 5.69 Å². The van der Waals surface area contributed by atoms with E-state index >= 15 is 0 Å². The quantitative estimate of drug-likeness (QED) is 0.528. The fraction of sp³-hybridized carbons (Fsp3) is 0.250. The Kier molecular flexibility index (Phi) is 3.59. The number of hydrogen-bond donors (Lipinski definition) is 2. The van der Waals surface area contributed by atoms with Crippen LogP contribution < -0.4 is 10.6 Å². The maximum atomic E-state index is 10.5. The Balaban J connectivity index is 2.88. The molecule has 78 valence electrons. The third-order valence-electron chi connectivity index (χ3n) is 1.83. The molecule has 14 heavy (non-hydrogen) atoms. The number of aliphatic hydroxyl groups excluding tert-OH is 1. The van der Waals surface area contributed by atoms with Gasteiger partial charge in [0.25, 0.3) is 0 Å². The van der Waals surface area contributed by atoms with E-state index in [1.54, 1.807) is 19.2 Å². The summed E-state index contributed by atoms with van der Waals surface area (Å²) in [6.07, 6.45) is -1.10. The molecule has 3 N–H and O–H groups in total. The molecule has 0 radical (unpaired) electrons. The molecule has 0 bridgehead atoms. The molecule has 0 saturated carbocycles. The lowest BCUT2D eigenvalue weighted by atomic mass is 10.3. The average molecular weight is 215 g/mol. The number of nitrogens with two attached hydrogens (primary N) is 1. The molecule has 1 rings (SSSR count). The maximum Gasteiger partial charge on any atom is 0.181 e. The van der Waals surface area contributed by atoms with Crippen molar-refractivity contribution in [1.82, 2.24) is 0 Å². The summed E-state index contributed by atoms with van der Waals surface area (Å²) in [5, 5.41) is 9.03. The number of rotatable bonds is 3. The summed E-state index contributed by atoms with van der Waals surface area (Å²) in [5.41, 5.74) is 5.87. The topological polar surface area (TPSA) is 89.6 Å². The van der Waals surface area contributed by atoms with Crippen molar-refractivity contribution in [2.24, 2.45) is 5.73 Å². The number of aliphatic hydroxyl groups is 1. The first kappa shape index (κ1) is 11.1. The third-order valence-corrected chi connectivity index (χ3v) is 2.49. The molecule has 0 saturated heterocycles. The Bertz CT molecular complexity index is 326. The Labute approximate surface area is 84.4 Å². The van der Waals surface area contributed by atoms with Crippen molar-refractivity contribution >= 4 is 16.8 Å². The molecular formula is C8H11N2O3S-. The Morgan fingerprint density at radius 3 is 2.36 bits per heavy atom. The smallest absolute Gasteiger partial charge is 0.181 e. The van der Waals surface area contributed by atoms with Crippen LogP contribution in [0.1, 0.15) is 0 Å². The predicted molar refractivity (Wildman–Crippen MR) is 52.2 cm³/mol. The zero-order valence-electron chi connectivity index (χ0n) is 7.58. The Morgan fingerprint density at radius 2 is 2.00 bits per heavy atom. The van der Waals surface area contributed by atoms with Gasteiger partial charge in [-0.05, 0) is 35.3 Å². The third kappa shape index (κ3) is 2.52. The molecule has 0 amide bonds. The molecular weight excluding hydrogens is 204 g/mol. The van der Waals surface area contributed by atoms with Gasteiger partial charge in [-0.1, -0.05) is 0 Å². The monoisotopic (exact) mass is 215 g/mol. The summed E-state index contributed by atoms with van der Waals surface area (Å²) in [4.78, 5) is 1.62. The fourth-order valence-corrected chi connectivity index (χ4v) is 1.30. The van der Waals surface area contributed by atoms with Crippen LogP contribution in [0.3, 0.4) is 0 Å². The minimum atomic E-state index is -2.22. The van der Waals surface area contributed by atoms with Gasteiger partial charge in [0.05, 0.1) is 0 Å². The Morgan fingerprint density at radius 1 is 1.50 bits per heavy atom. The highest BCUT2D eigenvalue weighted by atomic mass is 32.2.